The molecule has 1 aromatic carbocycles. The third kappa shape index (κ3) is 2.51. The van der Waals surface area contributed by atoms with Crippen LogP contribution >= 0.6 is 27.3 Å². The van der Waals surface area contributed by atoms with Gasteiger partial charge in [0.15, 0.2) is 0 Å². The maximum Gasteiger partial charge on any atom is 0.0459 e. The number of benzene rings is 1. The molecule has 1 aliphatic rings. The zero-order valence-electron chi connectivity index (χ0n) is 11.0. The smallest absolute Gasteiger partial charge is 0.0459 e. The molecule has 1 nitrogen and oxygen atoms in total. The van der Waals surface area contributed by atoms with Gasteiger partial charge >= 0.3 is 0 Å². The highest BCUT2D eigenvalue weighted by atomic mass is 79.9. The van der Waals surface area contributed by atoms with Crippen molar-refractivity contribution in [3.05, 3.63) is 55.7 Å². The van der Waals surface area contributed by atoms with Crippen molar-refractivity contribution < 1.29 is 0 Å². The predicted molar refractivity (Wildman–Crippen MR) is 85.8 cm³/mol. The number of aryl methyl sites for hydroxylation is 2. The van der Waals surface area contributed by atoms with Gasteiger partial charge in [-0.15, -0.1) is 11.3 Å². The average molecular weight is 336 g/mol. The van der Waals surface area contributed by atoms with Crippen molar-refractivity contribution in [1.29, 1.82) is 0 Å². The van der Waals surface area contributed by atoms with Crippen LogP contribution in [0.3, 0.4) is 0 Å². The number of hydrogen-bond donors (Lipinski definition) is 1. The first-order valence-corrected chi connectivity index (χ1v) is 8.37. The topological polar surface area (TPSA) is 26.0 Å². The third-order valence-corrected chi connectivity index (χ3v) is 6.29. The summed E-state index contributed by atoms with van der Waals surface area (Å²) in [6.07, 6.45) is 3.65. The molecule has 1 aliphatic carbocycles. The molecule has 2 N–H and O–H groups in total. The molecule has 2 aromatic rings. The molecule has 0 aliphatic heterocycles. The van der Waals surface area contributed by atoms with Gasteiger partial charge in [-0.2, -0.15) is 0 Å². The largest absolute Gasteiger partial charge is 0.323 e. The van der Waals surface area contributed by atoms with E-state index in [0.29, 0.717) is 5.92 Å². The van der Waals surface area contributed by atoms with Crippen molar-refractivity contribution in [2.45, 2.75) is 38.1 Å². The number of rotatable bonds is 2. The molecule has 3 heteroatoms. The van der Waals surface area contributed by atoms with Gasteiger partial charge in [0.1, 0.15) is 0 Å². The van der Waals surface area contributed by atoms with E-state index in [2.05, 4.69) is 53.2 Å². The van der Waals surface area contributed by atoms with Gasteiger partial charge in [0.2, 0.25) is 0 Å². The molecule has 0 radical (unpaired) electrons. The maximum absolute atomic E-state index is 6.56. The molecular formula is C16H18BrNS. The molecule has 2 atom stereocenters. The Hall–Kier alpha value is -0.640. The van der Waals surface area contributed by atoms with Crippen LogP contribution in [0.15, 0.2) is 34.8 Å². The zero-order valence-corrected chi connectivity index (χ0v) is 13.4. The second-order valence-corrected chi connectivity index (χ2v) is 7.42. The summed E-state index contributed by atoms with van der Waals surface area (Å²) in [4.78, 5) is 2.61. The molecule has 0 bridgehead atoms. The third-order valence-electron chi connectivity index (χ3n) is 4.05. The summed E-state index contributed by atoms with van der Waals surface area (Å²) in [7, 11) is 0. The summed E-state index contributed by atoms with van der Waals surface area (Å²) >= 11 is 5.41. The van der Waals surface area contributed by atoms with Gasteiger partial charge in [-0.25, -0.2) is 0 Å². The van der Waals surface area contributed by atoms with E-state index in [4.69, 9.17) is 5.73 Å². The fourth-order valence-corrected chi connectivity index (χ4v) is 4.64. The molecule has 1 aromatic heterocycles. The molecule has 0 saturated carbocycles. The first kappa shape index (κ1) is 13.3. The summed E-state index contributed by atoms with van der Waals surface area (Å²) in [5, 5.41) is 0. The number of halogens is 1. The Morgan fingerprint density at radius 1 is 1.37 bits per heavy atom. The minimum Gasteiger partial charge on any atom is -0.323 e. The lowest BCUT2D eigenvalue weighted by Crippen LogP contribution is -2.22. The van der Waals surface area contributed by atoms with Crippen LogP contribution in [-0.4, -0.2) is 0 Å². The minimum atomic E-state index is 0.122. The quantitative estimate of drug-likeness (QED) is 0.826. The fourth-order valence-electron chi connectivity index (χ4n) is 3.01. The molecule has 2 unspecified atom stereocenters. The van der Waals surface area contributed by atoms with Crippen LogP contribution in [0.5, 0.6) is 0 Å². The van der Waals surface area contributed by atoms with E-state index in [1.807, 2.05) is 11.3 Å². The van der Waals surface area contributed by atoms with Crippen LogP contribution in [0.2, 0.25) is 0 Å². The van der Waals surface area contributed by atoms with Gasteiger partial charge in [-0.1, -0.05) is 24.3 Å². The second kappa shape index (κ2) is 5.39. The highest BCUT2D eigenvalue weighted by Gasteiger charge is 2.27. The van der Waals surface area contributed by atoms with Gasteiger partial charge in [0.05, 0.1) is 0 Å². The average Bonchev–Trinajstić information content (AvgIpc) is 2.77. The van der Waals surface area contributed by atoms with Gasteiger partial charge < -0.3 is 5.73 Å². The Morgan fingerprint density at radius 3 is 2.89 bits per heavy atom. The lowest BCUT2D eigenvalue weighted by Gasteiger charge is -2.29. The monoisotopic (exact) mass is 335 g/mol. The van der Waals surface area contributed by atoms with Crippen molar-refractivity contribution in [1.82, 2.24) is 0 Å². The van der Waals surface area contributed by atoms with Gasteiger partial charge in [-0.05, 0) is 59.3 Å². The fraction of sp³-hybridized carbons (Fsp3) is 0.375. The van der Waals surface area contributed by atoms with Gasteiger partial charge in [0, 0.05) is 26.2 Å². The molecule has 100 valence electrons. The number of fused-ring (bicyclic) bond motifs is 1. The Labute approximate surface area is 127 Å². The first-order valence-electron chi connectivity index (χ1n) is 6.76. The summed E-state index contributed by atoms with van der Waals surface area (Å²) in [5.41, 5.74) is 9.51. The van der Waals surface area contributed by atoms with E-state index < -0.39 is 0 Å². The summed E-state index contributed by atoms with van der Waals surface area (Å²) in [5.74, 6) is 0.467. The Kier molecular flexibility index (Phi) is 3.79. The Balaban J connectivity index is 1.95. The van der Waals surface area contributed by atoms with Gasteiger partial charge in [0.25, 0.3) is 0 Å². The van der Waals surface area contributed by atoms with Crippen molar-refractivity contribution in [2.75, 3.05) is 0 Å². The highest BCUT2D eigenvalue weighted by molar-refractivity contribution is 9.10. The molecule has 3 rings (SSSR count). The van der Waals surface area contributed by atoms with Crippen molar-refractivity contribution in [3.63, 3.8) is 0 Å². The molecule has 0 saturated heterocycles. The van der Waals surface area contributed by atoms with E-state index in [-0.39, 0.29) is 6.04 Å². The van der Waals surface area contributed by atoms with E-state index in [0.717, 1.165) is 0 Å². The summed E-state index contributed by atoms with van der Waals surface area (Å²) in [6.45, 7) is 2.14. The number of hydrogen-bond acceptors (Lipinski definition) is 2. The number of thiophene rings is 1. The summed E-state index contributed by atoms with van der Waals surface area (Å²) < 4.78 is 1.19. The van der Waals surface area contributed by atoms with Crippen molar-refractivity contribution in [3.8, 4) is 0 Å². The van der Waals surface area contributed by atoms with Gasteiger partial charge in [-0.3, -0.25) is 0 Å². The van der Waals surface area contributed by atoms with Crippen LogP contribution in [0.25, 0.3) is 0 Å². The maximum atomic E-state index is 6.56. The van der Waals surface area contributed by atoms with Crippen molar-refractivity contribution in [2.24, 2.45) is 5.73 Å². The predicted octanol–water partition coefficient (Wildman–Crippen LogP) is 4.94. The van der Waals surface area contributed by atoms with E-state index in [1.54, 1.807) is 0 Å². The second-order valence-electron chi connectivity index (χ2n) is 5.28. The Morgan fingerprint density at radius 2 is 2.16 bits per heavy atom. The molecule has 0 fully saturated rings. The Bertz CT molecular complexity index is 571. The lowest BCUT2D eigenvalue weighted by molar-refractivity contribution is 0.479. The summed E-state index contributed by atoms with van der Waals surface area (Å²) in [6, 6.07) is 11.1. The van der Waals surface area contributed by atoms with E-state index >= 15 is 0 Å². The molecule has 0 amide bonds. The SMILES string of the molecule is Cc1sc(C(N)C2CCCc3ccccc32)cc1Br. The normalized spacial score (nSPS) is 20.1. The van der Waals surface area contributed by atoms with Crippen LogP contribution in [-0.2, 0) is 6.42 Å². The molecule has 19 heavy (non-hydrogen) atoms. The van der Waals surface area contributed by atoms with E-state index in [9.17, 15) is 0 Å². The molecule has 1 heterocycles. The minimum absolute atomic E-state index is 0.122. The van der Waals surface area contributed by atoms with Crippen LogP contribution in [0, 0.1) is 6.92 Å². The zero-order chi connectivity index (χ0) is 13.4. The van der Waals surface area contributed by atoms with Crippen LogP contribution in [0.1, 0.15) is 45.7 Å². The highest BCUT2D eigenvalue weighted by Crippen LogP contribution is 2.42. The lowest BCUT2D eigenvalue weighted by atomic mass is 9.78. The standard InChI is InChI=1S/C16H18BrNS/c1-10-14(17)9-15(19-10)16(18)13-8-4-6-11-5-2-3-7-12(11)13/h2-3,5,7,9,13,16H,4,6,8,18H2,1H3. The van der Waals surface area contributed by atoms with Crippen LogP contribution in [0.4, 0.5) is 0 Å². The van der Waals surface area contributed by atoms with Crippen LogP contribution < -0.4 is 5.73 Å². The first-order chi connectivity index (χ1) is 9.16. The van der Waals surface area contributed by atoms with Crippen molar-refractivity contribution >= 4 is 27.3 Å². The molecule has 0 spiro atoms. The van der Waals surface area contributed by atoms with E-state index in [1.165, 1.54) is 44.6 Å². The molecular weight excluding hydrogens is 318 g/mol. The number of nitrogens with two attached hydrogens (primary N) is 1.